The standard InChI is InChI=1S/C19H23NO5/c1-6-20-12(2)9-15(13(20)3)16(21)11-25-17-8-7-14(19(22)24-5)10-18(17)23-4/h7-10H,6,11H2,1-5H3. The molecule has 1 heterocycles. The van der Waals surface area contributed by atoms with Crippen molar-refractivity contribution >= 4 is 11.8 Å². The minimum absolute atomic E-state index is 0.105. The maximum atomic E-state index is 12.5. The van der Waals surface area contributed by atoms with Gasteiger partial charge in [0, 0.05) is 23.5 Å². The van der Waals surface area contributed by atoms with E-state index in [2.05, 4.69) is 9.30 Å². The monoisotopic (exact) mass is 345 g/mol. The van der Waals surface area contributed by atoms with Gasteiger partial charge in [-0.05, 0) is 45.0 Å². The summed E-state index contributed by atoms with van der Waals surface area (Å²) >= 11 is 0. The second-order valence-corrected chi connectivity index (χ2v) is 5.60. The zero-order valence-corrected chi connectivity index (χ0v) is 15.2. The summed E-state index contributed by atoms with van der Waals surface area (Å²) in [6.45, 7) is 6.65. The molecule has 0 fully saturated rings. The average molecular weight is 345 g/mol. The Morgan fingerprint density at radius 3 is 2.36 bits per heavy atom. The maximum Gasteiger partial charge on any atom is 0.337 e. The summed E-state index contributed by atoms with van der Waals surface area (Å²) in [6, 6.07) is 6.56. The van der Waals surface area contributed by atoms with E-state index in [-0.39, 0.29) is 12.4 Å². The molecule has 134 valence electrons. The molecule has 6 heteroatoms. The van der Waals surface area contributed by atoms with Gasteiger partial charge in [-0.1, -0.05) is 0 Å². The lowest BCUT2D eigenvalue weighted by molar-refractivity contribution is 0.0600. The van der Waals surface area contributed by atoms with Crippen LogP contribution in [0.25, 0.3) is 0 Å². The third-order valence-electron chi connectivity index (χ3n) is 4.13. The van der Waals surface area contributed by atoms with Crippen LogP contribution in [0.4, 0.5) is 0 Å². The van der Waals surface area contributed by atoms with E-state index >= 15 is 0 Å². The number of carbonyl (C=O) groups is 2. The Hall–Kier alpha value is -2.76. The first kappa shape index (κ1) is 18.6. The lowest BCUT2D eigenvalue weighted by atomic mass is 10.1. The van der Waals surface area contributed by atoms with Gasteiger partial charge in [0.15, 0.2) is 18.1 Å². The van der Waals surface area contributed by atoms with Gasteiger partial charge in [0.1, 0.15) is 0 Å². The number of methoxy groups -OCH3 is 2. The van der Waals surface area contributed by atoms with Crippen LogP contribution in [0.1, 0.15) is 39.0 Å². The van der Waals surface area contributed by atoms with E-state index in [4.69, 9.17) is 9.47 Å². The van der Waals surface area contributed by atoms with E-state index in [1.165, 1.54) is 20.3 Å². The molecule has 6 nitrogen and oxygen atoms in total. The number of rotatable bonds is 7. The summed E-state index contributed by atoms with van der Waals surface area (Å²) in [6.07, 6.45) is 0. The first-order valence-corrected chi connectivity index (χ1v) is 8.02. The summed E-state index contributed by atoms with van der Waals surface area (Å²) in [7, 11) is 2.78. The number of carbonyl (C=O) groups excluding carboxylic acids is 2. The average Bonchev–Trinajstić information content (AvgIpc) is 2.92. The van der Waals surface area contributed by atoms with Crippen molar-refractivity contribution in [3.8, 4) is 11.5 Å². The molecular formula is C19H23NO5. The Balaban J connectivity index is 2.15. The molecule has 0 spiro atoms. The van der Waals surface area contributed by atoms with Crippen LogP contribution >= 0.6 is 0 Å². The van der Waals surface area contributed by atoms with Crippen molar-refractivity contribution in [2.75, 3.05) is 20.8 Å². The summed E-state index contributed by atoms with van der Waals surface area (Å²) in [4.78, 5) is 24.1. The molecular weight excluding hydrogens is 322 g/mol. The summed E-state index contributed by atoms with van der Waals surface area (Å²) in [5, 5.41) is 0. The molecule has 0 aliphatic carbocycles. The van der Waals surface area contributed by atoms with Crippen LogP contribution in [0.2, 0.25) is 0 Å². The van der Waals surface area contributed by atoms with Gasteiger partial charge in [-0.15, -0.1) is 0 Å². The highest BCUT2D eigenvalue weighted by atomic mass is 16.5. The van der Waals surface area contributed by atoms with Crippen molar-refractivity contribution < 1.29 is 23.8 Å². The Bertz CT molecular complexity index is 791. The number of hydrogen-bond acceptors (Lipinski definition) is 5. The highest BCUT2D eigenvalue weighted by Gasteiger charge is 2.17. The number of hydrogen-bond donors (Lipinski definition) is 0. The van der Waals surface area contributed by atoms with Gasteiger partial charge in [-0.25, -0.2) is 4.79 Å². The molecule has 1 aromatic carbocycles. The van der Waals surface area contributed by atoms with Gasteiger partial charge in [0.2, 0.25) is 5.78 Å². The van der Waals surface area contributed by atoms with Gasteiger partial charge in [-0.2, -0.15) is 0 Å². The molecule has 0 saturated carbocycles. The van der Waals surface area contributed by atoms with Crippen LogP contribution in [-0.4, -0.2) is 37.1 Å². The second kappa shape index (κ2) is 7.88. The van der Waals surface area contributed by atoms with Crippen molar-refractivity contribution in [2.24, 2.45) is 0 Å². The third-order valence-corrected chi connectivity index (χ3v) is 4.13. The second-order valence-electron chi connectivity index (χ2n) is 5.60. The van der Waals surface area contributed by atoms with Gasteiger partial charge >= 0.3 is 5.97 Å². The molecule has 2 aromatic rings. The Kier molecular flexibility index (Phi) is 5.85. The van der Waals surface area contributed by atoms with E-state index in [1.807, 2.05) is 26.8 Å². The van der Waals surface area contributed by atoms with Gasteiger partial charge in [0.05, 0.1) is 19.8 Å². The molecule has 0 unspecified atom stereocenters. The topological polar surface area (TPSA) is 66.8 Å². The first-order chi connectivity index (χ1) is 11.9. The number of aryl methyl sites for hydroxylation is 1. The first-order valence-electron chi connectivity index (χ1n) is 8.02. The molecule has 0 bridgehead atoms. The molecule has 2 rings (SSSR count). The van der Waals surface area contributed by atoms with E-state index in [0.717, 1.165) is 17.9 Å². The number of ether oxygens (including phenoxy) is 3. The van der Waals surface area contributed by atoms with Crippen molar-refractivity contribution in [1.29, 1.82) is 0 Å². The molecule has 0 N–H and O–H groups in total. The van der Waals surface area contributed by atoms with Crippen molar-refractivity contribution in [2.45, 2.75) is 27.3 Å². The maximum absolute atomic E-state index is 12.5. The van der Waals surface area contributed by atoms with Crippen LogP contribution in [-0.2, 0) is 11.3 Å². The van der Waals surface area contributed by atoms with E-state index < -0.39 is 5.97 Å². The smallest absolute Gasteiger partial charge is 0.337 e. The Labute approximate surface area is 147 Å². The van der Waals surface area contributed by atoms with Crippen molar-refractivity contribution in [3.05, 3.63) is 46.8 Å². The number of aromatic nitrogens is 1. The molecule has 0 atom stereocenters. The van der Waals surface area contributed by atoms with Crippen LogP contribution < -0.4 is 9.47 Å². The highest BCUT2D eigenvalue weighted by molar-refractivity contribution is 5.98. The van der Waals surface area contributed by atoms with Crippen molar-refractivity contribution in [1.82, 2.24) is 4.57 Å². The van der Waals surface area contributed by atoms with E-state index in [1.54, 1.807) is 12.1 Å². The Morgan fingerprint density at radius 1 is 1.08 bits per heavy atom. The van der Waals surface area contributed by atoms with Gasteiger partial charge in [0.25, 0.3) is 0 Å². The molecule has 1 aromatic heterocycles. The van der Waals surface area contributed by atoms with Gasteiger partial charge < -0.3 is 18.8 Å². The number of ketones is 1. The van der Waals surface area contributed by atoms with Crippen LogP contribution in [0.3, 0.4) is 0 Å². The van der Waals surface area contributed by atoms with E-state index in [0.29, 0.717) is 22.6 Å². The number of esters is 1. The molecule has 0 saturated heterocycles. The molecule has 0 amide bonds. The SMILES string of the molecule is CCn1c(C)cc(C(=O)COc2ccc(C(=O)OC)cc2OC)c1C. The van der Waals surface area contributed by atoms with E-state index in [9.17, 15) is 9.59 Å². The zero-order chi connectivity index (χ0) is 18.6. The van der Waals surface area contributed by atoms with Crippen molar-refractivity contribution in [3.63, 3.8) is 0 Å². The Morgan fingerprint density at radius 2 is 1.80 bits per heavy atom. The highest BCUT2D eigenvalue weighted by Crippen LogP contribution is 2.28. The quantitative estimate of drug-likeness (QED) is 0.569. The predicted octanol–water partition coefficient (Wildman–Crippen LogP) is 3.18. The molecule has 0 radical (unpaired) electrons. The summed E-state index contributed by atoms with van der Waals surface area (Å²) < 4.78 is 17.6. The lowest BCUT2D eigenvalue weighted by Gasteiger charge is -2.11. The fourth-order valence-corrected chi connectivity index (χ4v) is 2.82. The normalized spacial score (nSPS) is 10.4. The number of nitrogens with zero attached hydrogens (tertiary/aromatic N) is 1. The summed E-state index contributed by atoms with van der Waals surface area (Å²) in [5.41, 5.74) is 2.99. The largest absolute Gasteiger partial charge is 0.493 e. The minimum Gasteiger partial charge on any atom is -0.493 e. The fraction of sp³-hybridized carbons (Fsp3) is 0.368. The third kappa shape index (κ3) is 3.84. The predicted molar refractivity (Wildman–Crippen MR) is 93.7 cm³/mol. The molecule has 0 aliphatic heterocycles. The van der Waals surface area contributed by atoms with Crippen LogP contribution in [0.5, 0.6) is 11.5 Å². The fourth-order valence-electron chi connectivity index (χ4n) is 2.82. The minimum atomic E-state index is -0.465. The van der Waals surface area contributed by atoms with Gasteiger partial charge in [-0.3, -0.25) is 4.79 Å². The molecule has 25 heavy (non-hydrogen) atoms. The zero-order valence-electron chi connectivity index (χ0n) is 15.2. The summed E-state index contributed by atoms with van der Waals surface area (Å²) in [5.74, 6) is 0.197. The number of benzene rings is 1. The lowest BCUT2D eigenvalue weighted by Crippen LogP contribution is -2.13. The van der Waals surface area contributed by atoms with Crippen LogP contribution in [0, 0.1) is 13.8 Å². The van der Waals surface area contributed by atoms with Crippen LogP contribution in [0.15, 0.2) is 24.3 Å². The molecule has 0 aliphatic rings. The number of Topliss-reactive ketones (excluding diaryl/α,β-unsaturated/α-hetero) is 1.